The average molecular weight is 405 g/mol. The standard InChI is InChI=1S/C22H36N4O3/c1-5-17(23-20(27)15-6-8-16(9-7-15)22(2,3)4)18-21(28)24-19(26-25-18)14-10-12-29-13-11-14/h14-17H,5-13H2,1-4H3,(H,23,27)(H,24,26,28)/t15-,16+,17?. The van der Waals surface area contributed by atoms with Crippen molar-refractivity contribution < 1.29 is 9.53 Å². The molecule has 1 atom stereocenters. The molecule has 2 aliphatic rings. The largest absolute Gasteiger partial charge is 0.381 e. The lowest BCUT2D eigenvalue weighted by atomic mass is 9.69. The van der Waals surface area contributed by atoms with Gasteiger partial charge >= 0.3 is 0 Å². The van der Waals surface area contributed by atoms with Crippen molar-refractivity contribution in [1.82, 2.24) is 20.5 Å². The third-order valence-corrected chi connectivity index (χ3v) is 6.73. The fourth-order valence-electron chi connectivity index (χ4n) is 4.62. The molecule has 1 amide bonds. The topological polar surface area (TPSA) is 97.0 Å². The summed E-state index contributed by atoms with van der Waals surface area (Å²) in [6.07, 6.45) is 6.28. The van der Waals surface area contributed by atoms with Crippen LogP contribution >= 0.6 is 0 Å². The number of amides is 1. The lowest BCUT2D eigenvalue weighted by Crippen LogP contribution is -2.39. The van der Waals surface area contributed by atoms with Crippen LogP contribution in [0.2, 0.25) is 0 Å². The van der Waals surface area contributed by atoms with E-state index in [1.165, 1.54) is 0 Å². The molecule has 1 saturated heterocycles. The van der Waals surface area contributed by atoms with Crippen LogP contribution in [0.1, 0.15) is 96.1 Å². The summed E-state index contributed by atoms with van der Waals surface area (Å²) < 4.78 is 5.37. The molecule has 1 aliphatic carbocycles. The maximum atomic E-state index is 12.8. The van der Waals surface area contributed by atoms with Gasteiger partial charge in [0.15, 0.2) is 5.69 Å². The highest BCUT2D eigenvalue weighted by molar-refractivity contribution is 5.79. The Bertz CT molecular complexity index is 741. The second-order valence-corrected chi connectivity index (χ2v) is 9.70. The Morgan fingerprint density at radius 3 is 2.34 bits per heavy atom. The Kier molecular flexibility index (Phi) is 7.09. The molecular formula is C22H36N4O3. The van der Waals surface area contributed by atoms with Gasteiger partial charge in [0.1, 0.15) is 5.82 Å². The van der Waals surface area contributed by atoms with E-state index in [-0.39, 0.29) is 23.3 Å². The predicted octanol–water partition coefficient (Wildman–Crippen LogP) is 3.48. The Morgan fingerprint density at radius 2 is 1.79 bits per heavy atom. The zero-order valence-corrected chi connectivity index (χ0v) is 18.3. The van der Waals surface area contributed by atoms with E-state index in [1.807, 2.05) is 6.92 Å². The molecule has 162 valence electrons. The molecular weight excluding hydrogens is 368 g/mol. The normalized spacial score (nSPS) is 24.8. The van der Waals surface area contributed by atoms with Crippen LogP contribution in [0, 0.1) is 17.3 Å². The van der Waals surface area contributed by atoms with Gasteiger partial charge < -0.3 is 15.0 Å². The number of rotatable bonds is 5. The van der Waals surface area contributed by atoms with Gasteiger partial charge in [-0.2, -0.15) is 0 Å². The van der Waals surface area contributed by atoms with E-state index in [1.54, 1.807) is 0 Å². The van der Waals surface area contributed by atoms with Crippen LogP contribution in [0.4, 0.5) is 0 Å². The number of nitrogens with zero attached hydrogens (tertiary/aromatic N) is 2. The second kappa shape index (κ2) is 9.37. The average Bonchev–Trinajstić information content (AvgIpc) is 2.72. The molecule has 0 radical (unpaired) electrons. The van der Waals surface area contributed by atoms with Crippen molar-refractivity contribution in [2.24, 2.45) is 17.3 Å². The number of aromatic nitrogens is 3. The van der Waals surface area contributed by atoms with Gasteiger partial charge in [-0.3, -0.25) is 9.59 Å². The molecule has 3 rings (SSSR count). The quantitative estimate of drug-likeness (QED) is 0.783. The SMILES string of the molecule is CCC(NC(=O)[C@H]1CC[C@@H](C(C)(C)C)CC1)c1nnc(C2CCOCC2)[nH]c1=O. The molecule has 1 unspecified atom stereocenters. The van der Waals surface area contributed by atoms with Gasteiger partial charge in [0, 0.05) is 25.0 Å². The van der Waals surface area contributed by atoms with E-state index in [2.05, 4.69) is 41.3 Å². The number of nitrogens with one attached hydrogen (secondary N) is 2. The first kappa shape index (κ1) is 21.9. The molecule has 2 N–H and O–H groups in total. The van der Waals surface area contributed by atoms with Crippen LogP contribution < -0.4 is 10.9 Å². The molecule has 1 saturated carbocycles. The minimum absolute atomic E-state index is 0.0243. The molecule has 29 heavy (non-hydrogen) atoms. The van der Waals surface area contributed by atoms with E-state index in [0.717, 1.165) is 38.5 Å². The summed E-state index contributed by atoms with van der Waals surface area (Å²) >= 11 is 0. The minimum atomic E-state index is -0.400. The van der Waals surface area contributed by atoms with Gasteiger partial charge in [0.25, 0.3) is 5.56 Å². The van der Waals surface area contributed by atoms with Crippen LogP contribution in [0.15, 0.2) is 4.79 Å². The van der Waals surface area contributed by atoms with Crippen LogP contribution in [0.25, 0.3) is 0 Å². The van der Waals surface area contributed by atoms with Crippen LogP contribution in [0.3, 0.4) is 0 Å². The van der Waals surface area contributed by atoms with Gasteiger partial charge in [-0.05, 0) is 56.3 Å². The summed E-state index contributed by atoms with van der Waals surface area (Å²) in [5.41, 5.74) is 0.354. The van der Waals surface area contributed by atoms with Crippen molar-refractivity contribution in [1.29, 1.82) is 0 Å². The second-order valence-electron chi connectivity index (χ2n) is 9.70. The smallest absolute Gasteiger partial charge is 0.275 e. The van der Waals surface area contributed by atoms with Crippen molar-refractivity contribution in [3.05, 3.63) is 21.9 Å². The Balaban J connectivity index is 1.62. The lowest BCUT2D eigenvalue weighted by molar-refractivity contribution is -0.127. The van der Waals surface area contributed by atoms with E-state index >= 15 is 0 Å². The number of aromatic amines is 1. The third-order valence-electron chi connectivity index (χ3n) is 6.73. The van der Waals surface area contributed by atoms with E-state index in [0.29, 0.717) is 42.5 Å². The monoisotopic (exact) mass is 404 g/mol. The number of hydrogen-bond donors (Lipinski definition) is 2. The van der Waals surface area contributed by atoms with Crippen molar-refractivity contribution in [3.8, 4) is 0 Å². The highest BCUT2D eigenvalue weighted by atomic mass is 16.5. The first-order chi connectivity index (χ1) is 13.8. The van der Waals surface area contributed by atoms with Crippen molar-refractivity contribution in [2.45, 2.75) is 84.6 Å². The lowest BCUT2D eigenvalue weighted by Gasteiger charge is -2.36. The predicted molar refractivity (Wildman–Crippen MR) is 112 cm³/mol. The Hall–Kier alpha value is -1.76. The van der Waals surface area contributed by atoms with Gasteiger partial charge in [-0.25, -0.2) is 0 Å². The molecule has 0 aromatic carbocycles. The fourth-order valence-corrected chi connectivity index (χ4v) is 4.62. The number of H-pyrrole nitrogens is 1. The van der Waals surface area contributed by atoms with Crippen molar-refractivity contribution in [3.63, 3.8) is 0 Å². The van der Waals surface area contributed by atoms with Gasteiger partial charge in [0.2, 0.25) is 5.91 Å². The van der Waals surface area contributed by atoms with Crippen molar-refractivity contribution in [2.75, 3.05) is 13.2 Å². The maximum absolute atomic E-state index is 12.8. The summed E-state index contributed by atoms with van der Waals surface area (Å²) in [6, 6.07) is -0.400. The summed E-state index contributed by atoms with van der Waals surface area (Å²) in [6.45, 7) is 10.2. The van der Waals surface area contributed by atoms with E-state index < -0.39 is 6.04 Å². The van der Waals surface area contributed by atoms with Crippen LogP contribution in [0.5, 0.6) is 0 Å². The minimum Gasteiger partial charge on any atom is -0.381 e. The van der Waals surface area contributed by atoms with Crippen LogP contribution in [-0.2, 0) is 9.53 Å². The van der Waals surface area contributed by atoms with Gasteiger partial charge in [-0.15, -0.1) is 10.2 Å². The molecule has 0 spiro atoms. The molecule has 2 fully saturated rings. The fraction of sp³-hybridized carbons (Fsp3) is 0.818. The summed E-state index contributed by atoms with van der Waals surface area (Å²) in [5, 5.41) is 11.6. The third kappa shape index (κ3) is 5.44. The van der Waals surface area contributed by atoms with Gasteiger partial charge in [-0.1, -0.05) is 27.7 Å². The summed E-state index contributed by atoms with van der Waals surface area (Å²) in [7, 11) is 0. The molecule has 7 nitrogen and oxygen atoms in total. The molecule has 2 heterocycles. The molecule has 1 aliphatic heterocycles. The van der Waals surface area contributed by atoms with E-state index in [9.17, 15) is 9.59 Å². The zero-order valence-electron chi connectivity index (χ0n) is 18.3. The zero-order chi connectivity index (χ0) is 21.0. The molecule has 1 aromatic rings. The number of hydrogen-bond acceptors (Lipinski definition) is 5. The first-order valence-corrected chi connectivity index (χ1v) is 11.1. The van der Waals surface area contributed by atoms with Crippen LogP contribution in [-0.4, -0.2) is 34.3 Å². The maximum Gasteiger partial charge on any atom is 0.275 e. The van der Waals surface area contributed by atoms with Gasteiger partial charge in [0.05, 0.1) is 6.04 Å². The number of ether oxygens (including phenoxy) is 1. The molecule has 7 heteroatoms. The molecule has 1 aromatic heterocycles. The molecule has 0 bridgehead atoms. The summed E-state index contributed by atoms with van der Waals surface area (Å²) in [5.74, 6) is 1.55. The highest BCUT2D eigenvalue weighted by Crippen LogP contribution is 2.40. The van der Waals surface area contributed by atoms with Crippen molar-refractivity contribution >= 4 is 5.91 Å². The first-order valence-electron chi connectivity index (χ1n) is 11.1. The Morgan fingerprint density at radius 1 is 1.14 bits per heavy atom. The Labute approximate surface area is 173 Å². The highest BCUT2D eigenvalue weighted by Gasteiger charge is 2.33. The summed E-state index contributed by atoms with van der Waals surface area (Å²) in [4.78, 5) is 28.4. The number of carbonyl (C=O) groups is 1. The van der Waals surface area contributed by atoms with E-state index in [4.69, 9.17) is 4.74 Å². The number of carbonyl (C=O) groups excluding carboxylic acids is 1.